The fourth-order valence-corrected chi connectivity index (χ4v) is 1.85. The van der Waals surface area contributed by atoms with E-state index in [2.05, 4.69) is 4.98 Å². The normalized spacial score (nSPS) is 10.2. The summed E-state index contributed by atoms with van der Waals surface area (Å²) in [6, 6.07) is 6.99. The van der Waals surface area contributed by atoms with Gasteiger partial charge in [-0.05, 0) is 25.1 Å². The lowest BCUT2D eigenvalue weighted by Gasteiger charge is -2.08. The van der Waals surface area contributed by atoms with Crippen molar-refractivity contribution >= 4 is 11.7 Å². The Morgan fingerprint density at radius 1 is 1.29 bits per heavy atom. The van der Waals surface area contributed by atoms with Crippen molar-refractivity contribution in [1.29, 1.82) is 0 Å². The van der Waals surface area contributed by atoms with Gasteiger partial charge in [0.15, 0.2) is 0 Å². The third-order valence-electron chi connectivity index (χ3n) is 2.72. The Morgan fingerprint density at radius 3 is 2.71 bits per heavy atom. The van der Waals surface area contributed by atoms with Crippen LogP contribution in [-0.2, 0) is 11.3 Å². The lowest BCUT2D eigenvalue weighted by Crippen LogP contribution is -2.08. The molecule has 0 aliphatic rings. The molecule has 0 amide bonds. The van der Waals surface area contributed by atoms with Crippen LogP contribution < -0.4 is 10.5 Å². The summed E-state index contributed by atoms with van der Waals surface area (Å²) in [5.41, 5.74) is 7.00. The Bertz CT molecular complexity index is 654. The van der Waals surface area contributed by atoms with Crippen molar-refractivity contribution in [3.63, 3.8) is 0 Å². The molecule has 0 bridgehead atoms. The Balaban J connectivity index is 2.08. The Labute approximate surface area is 121 Å². The van der Waals surface area contributed by atoms with E-state index in [1.165, 1.54) is 6.07 Å². The van der Waals surface area contributed by atoms with Crippen molar-refractivity contribution in [1.82, 2.24) is 4.98 Å². The van der Waals surface area contributed by atoms with Crippen molar-refractivity contribution in [2.24, 2.45) is 0 Å². The van der Waals surface area contributed by atoms with Gasteiger partial charge in [-0.2, -0.15) is 0 Å². The zero-order chi connectivity index (χ0) is 15.4. The summed E-state index contributed by atoms with van der Waals surface area (Å²) in [5, 5.41) is 0. The van der Waals surface area contributed by atoms with E-state index in [1.54, 1.807) is 26.2 Å². The second kappa shape index (κ2) is 6.21. The number of aromatic nitrogens is 1. The molecule has 0 atom stereocenters. The molecule has 0 unspecified atom stereocenters. The molecule has 110 valence electrons. The average Bonchev–Trinajstić information content (AvgIpc) is 2.43. The summed E-state index contributed by atoms with van der Waals surface area (Å²) in [5.74, 6) is -0.621. The summed E-state index contributed by atoms with van der Waals surface area (Å²) < 4.78 is 23.4. The first-order valence-electron chi connectivity index (χ1n) is 6.22. The van der Waals surface area contributed by atoms with Crippen molar-refractivity contribution in [2.45, 2.75) is 13.5 Å². The predicted octanol–water partition coefficient (Wildman–Crippen LogP) is 2.48. The summed E-state index contributed by atoms with van der Waals surface area (Å²) in [6.07, 6.45) is 0. The maximum absolute atomic E-state index is 13.2. The van der Waals surface area contributed by atoms with Gasteiger partial charge in [0.05, 0.1) is 18.4 Å². The second-order valence-corrected chi connectivity index (χ2v) is 4.49. The fraction of sp³-hybridized carbons (Fsp3) is 0.200. The van der Waals surface area contributed by atoms with E-state index < -0.39 is 11.8 Å². The number of hydrogen-bond donors (Lipinski definition) is 1. The van der Waals surface area contributed by atoms with Crippen LogP contribution in [0.3, 0.4) is 0 Å². The average molecular weight is 290 g/mol. The van der Waals surface area contributed by atoms with Crippen LogP contribution in [0.1, 0.15) is 21.7 Å². The number of carbonyl (C=O) groups is 1. The van der Waals surface area contributed by atoms with E-state index in [1.807, 2.05) is 0 Å². The first kappa shape index (κ1) is 14.8. The molecule has 1 heterocycles. The number of halogens is 1. The smallest absolute Gasteiger partial charge is 0.338 e. The largest absolute Gasteiger partial charge is 0.497 e. The monoisotopic (exact) mass is 290 g/mol. The van der Waals surface area contributed by atoms with Crippen molar-refractivity contribution in [3.05, 3.63) is 53.1 Å². The van der Waals surface area contributed by atoms with E-state index in [4.69, 9.17) is 15.2 Å². The van der Waals surface area contributed by atoms with E-state index in [9.17, 15) is 9.18 Å². The highest BCUT2D eigenvalue weighted by molar-refractivity contribution is 5.90. The van der Waals surface area contributed by atoms with Crippen molar-refractivity contribution < 1.29 is 18.7 Å². The van der Waals surface area contributed by atoms with Gasteiger partial charge in [0.2, 0.25) is 0 Å². The van der Waals surface area contributed by atoms with Crippen molar-refractivity contribution in [3.8, 4) is 5.75 Å². The second-order valence-electron chi connectivity index (χ2n) is 4.49. The molecule has 2 aromatic rings. The Morgan fingerprint density at radius 2 is 2.05 bits per heavy atom. The lowest BCUT2D eigenvalue weighted by atomic mass is 10.2. The summed E-state index contributed by atoms with van der Waals surface area (Å²) in [4.78, 5) is 16.1. The number of carbonyl (C=O) groups excluding carboxylic acids is 1. The fourth-order valence-electron chi connectivity index (χ4n) is 1.85. The molecule has 2 rings (SSSR count). The molecular formula is C15H15FN2O3. The Hall–Kier alpha value is -2.63. The van der Waals surface area contributed by atoms with Crippen LogP contribution >= 0.6 is 0 Å². The first-order chi connectivity index (χ1) is 9.97. The molecule has 0 saturated carbocycles. The van der Waals surface area contributed by atoms with E-state index in [0.29, 0.717) is 11.4 Å². The molecular weight excluding hydrogens is 275 g/mol. The van der Waals surface area contributed by atoms with Crippen molar-refractivity contribution in [2.75, 3.05) is 12.8 Å². The highest BCUT2D eigenvalue weighted by Gasteiger charge is 2.11. The quantitative estimate of drug-likeness (QED) is 0.691. The van der Waals surface area contributed by atoms with Gasteiger partial charge in [0.1, 0.15) is 18.2 Å². The number of nitrogen functional groups attached to an aromatic ring is 1. The van der Waals surface area contributed by atoms with Crippen LogP contribution in [0.2, 0.25) is 0 Å². The number of methoxy groups -OCH3 is 1. The van der Waals surface area contributed by atoms with E-state index in [-0.39, 0.29) is 17.9 Å². The van der Waals surface area contributed by atoms with E-state index in [0.717, 1.165) is 17.8 Å². The number of aryl methyl sites for hydroxylation is 1. The molecule has 0 spiro atoms. The highest BCUT2D eigenvalue weighted by atomic mass is 19.1. The van der Waals surface area contributed by atoms with Gasteiger partial charge in [0.25, 0.3) is 0 Å². The topological polar surface area (TPSA) is 74.4 Å². The lowest BCUT2D eigenvalue weighted by molar-refractivity contribution is 0.0466. The zero-order valence-electron chi connectivity index (χ0n) is 11.7. The third kappa shape index (κ3) is 3.92. The minimum atomic E-state index is -0.663. The SMILES string of the molecule is COc1cc(C)nc(COC(=O)c2cc(N)cc(F)c2)c1. The van der Waals surface area contributed by atoms with Gasteiger partial charge in [0, 0.05) is 23.5 Å². The maximum atomic E-state index is 13.2. The Kier molecular flexibility index (Phi) is 4.37. The number of rotatable bonds is 4. The van der Waals surface area contributed by atoms with Crippen LogP contribution in [0, 0.1) is 12.7 Å². The third-order valence-corrected chi connectivity index (χ3v) is 2.72. The standard InChI is InChI=1S/C15H15FN2O3/c1-9-3-14(20-2)7-13(18-9)8-21-15(19)10-4-11(16)6-12(17)5-10/h3-7H,8,17H2,1-2H3. The van der Waals surface area contributed by atoms with Gasteiger partial charge < -0.3 is 15.2 Å². The van der Waals surface area contributed by atoms with Crippen LogP contribution in [0.25, 0.3) is 0 Å². The van der Waals surface area contributed by atoms with Gasteiger partial charge in [-0.25, -0.2) is 9.18 Å². The zero-order valence-corrected chi connectivity index (χ0v) is 11.7. The number of hydrogen-bond acceptors (Lipinski definition) is 5. The molecule has 0 aliphatic heterocycles. The number of pyridine rings is 1. The van der Waals surface area contributed by atoms with Gasteiger partial charge in [-0.3, -0.25) is 4.98 Å². The molecule has 0 saturated heterocycles. The highest BCUT2D eigenvalue weighted by Crippen LogP contribution is 2.16. The summed E-state index contributed by atoms with van der Waals surface area (Å²) in [6.45, 7) is 1.77. The minimum Gasteiger partial charge on any atom is -0.497 e. The van der Waals surface area contributed by atoms with Gasteiger partial charge in [-0.15, -0.1) is 0 Å². The van der Waals surface area contributed by atoms with Gasteiger partial charge in [-0.1, -0.05) is 0 Å². The van der Waals surface area contributed by atoms with Crippen LogP contribution in [-0.4, -0.2) is 18.1 Å². The number of esters is 1. The van der Waals surface area contributed by atoms with E-state index >= 15 is 0 Å². The van der Waals surface area contributed by atoms with Crippen LogP contribution in [0.5, 0.6) is 5.75 Å². The number of anilines is 1. The molecule has 21 heavy (non-hydrogen) atoms. The molecule has 5 nitrogen and oxygen atoms in total. The van der Waals surface area contributed by atoms with Crippen LogP contribution in [0.15, 0.2) is 30.3 Å². The number of nitrogens with two attached hydrogens (primary N) is 1. The molecule has 6 heteroatoms. The number of nitrogens with zero attached hydrogens (tertiary/aromatic N) is 1. The van der Waals surface area contributed by atoms with Gasteiger partial charge >= 0.3 is 5.97 Å². The molecule has 1 aromatic carbocycles. The number of ether oxygens (including phenoxy) is 2. The molecule has 0 aliphatic carbocycles. The molecule has 0 radical (unpaired) electrons. The maximum Gasteiger partial charge on any atom is 0.338 e. The molecule has 1 aromatic heterocycles. The minimum absolute atomic E-state index is 0.0344. The molecule has 0 fully saturated rings. The summed E-state index contributed by atoms with van der Waals surface area (Å²) in [7, 11) is 1.54. The molecule has 2 N–H and O–H groups in total. The summed E-state index contributed by atoms with van der Waals surface area (Å²) >= 11 is 0. The first-order valence-corrected chi connectivity index (χ1v) is 6.22. The number of benzene rings is 1. The predicted molar refractivity (Wildman–Crippen MR) is 75.5 cm³/mol. The van der Waals surface area contributed by atoms with Crippen LogP contribution in [0.4, 0.5) is 10.1 Å².